The maximum absolute atomic E-state index is 10.6. The fourth-order valence-corrected chi connectivity index (χ4v) is 4.30. The molecule has 0 aliphatic carbocycles. The van der Waals surface area contributed by atoms with Gasteiger partial charge in [0.15, 0.2) is 11.5 Å². The summed E-state index contributed by atoms with van der Waals surface area (Å²) in [5.74, 6) is 2.24. The Hall–Kier alpha value is -2.83. The molecule has 150 valence electrons. The summed E-state index contributed by atoms with van der Waals surface area (Å²) in [5.41, 5.74) is 3.11. The standard InChI is InChI=1S/C23H24N2O4/c1-27-21-8-15(9-22-23(21)29-14-28-22)11-25-12-17(20(26)13-25)10-18-7-6-16-4-2-3-5-19(16)24-18/h2-9,17,20,26H,10-14H2,1H3/t17-,20-/m1/s1. The number of rotatable bonds is 5. The van der Waals surface area contributed by atoms with Crippen molar-refractivity contribution in [1.29, 1.82) is 0 Å². The Morgan fingerprint density at radius 2 is 2.03 bits per heavy atom. The second-order valence-corrected chi connectivity index (χ2v) is 7.75. The summed E-state index contributed by atoms with van der Waals surface area (Å²) >= 11 is 0. The Labute approximate surface area is 169 Å². The van der Waals surface area contributed by atoms with Gasteiger partial charge in [-0.3, -0.25) is 9.88 Å². The second-order valence-electron chi connectivity index (χ2n) is 7.75. The molecule has 1 saturated heterocycles. The lowest BCUT2D eigenvalue weighted by Crippen LogP contribution is -2.21. The molecule has 2 aliphatic heterocycles. The first-order chi connectivity index (χ1) is 14.2. The Morgan fingerprint density at radius 3 is 2.93 bits per heavy atom. The fourth-order valence-electron chi connectivity index (χ4n) is 4.30. The number of pyridine rings is 1. The average molecular weight is 392 g/mol. The zero-order chi connectivity index (χ0) is 19.8. The van der Waals surface area contributed by atoms with Gasteiger partial charge in [-0.2, -0.15) is 0 Å². The molecule has 6 heteroatoms. The number of benzene rings is 2. The third kappa shape index (κ3) is 3.61. The van der Waals surface area contributed by atoms with Gasteiger partial charge in [0.05, 0.1) is 18.7 Å². The van der Waals surface area contributed by atoms with E-state index >= 15 is 0 Å². The monoisotopic (exact) mass is 392 g/mol. The van der Waals surface area contributed by atoms with Crippen molar-refractivity contribution in [3.8, 4) is 17.2 Å². The summed E-state index contributed by atoms with van der Waals surface area (Å²) in [7, 11) is 1.63. The number of ether oxygens (including phenoxy) is 3. The van der Waals surface area contributed by atoms with Crippen molar-refractivity contribution >= 4 is 10.9 Å². The minimum atomic E-state index is -0.362. The van der Waals surface area contributed by atoms with Crippen molar-refractivity contribution in [1.82, 2.24) is 9.88 Å². The molecular formula is C23H24N2O4. The van der Waals surface area contributed by atoms with E-state index < -0.39 is 0 Å². The van der Waals surface area contributed by atoms with Crippen LogP contribution in [-0.2, 0) is 13.0 Å². The lowest BCUT2D eigenvalue weighted by molar-refractivity contribution is 0.140. The molecule has 0 amide bonds. The van der Waals surface area contributed by atoms with Gasteiger partial charge in [-0.25, -0.2) is 0 Å². The molecule has 1 N–H and O–H groups in total. The molecule has 2 aromatic carbocycles. The highest BCUT2D eigenvalue weighted by Gasteiger charge is 2.32. The van der Waals surface area contributed by atoms with E-state index in [1.54, 1.807) is 7.11 Å². The van der Waals surface area contributed by atoms with E-state index in [0.29, 0.717) is 18.0 Å². The maximum Gasteiger partial charge on any atom is 0.231 e. The smallest absolute Gasteiger partial charge is 0.231 e. The Balaban J connectivity index is 1.28. The second kappa shape index (κ2) is 7.54. The molecule has 2 atom stereocenters. The molecule has 2 aliphatic rings. The normalized spacial score (nSPS) is 21.0. The van der Waals surface area contributed by atoms with E-state index in [-0.39, 0.29) is 18.8 Å². The molecule has 0 radical (unpaired) electrons. The highest BCUT2D eigenvalue weighted by molar-refractivity contribution is 5.78. The van der Waals surface area contributed by atoms with Crippen molar-refractivity contribution in [2.75, 3.05) is 27.0 Å². The topological polar surface area (TPSA) is 64.1 Å². The van der Waals surface area contributed by atoms with Crippen LogP contribution in [0.5, 0.6) is 17.2 Å². The molecule has 6 nitrogen and oxygen atoms in total. The predicted octanol–water partition coefficient (Wildman–Crippen LogP) is 3.01. The third-order valence-electron chi connectivity index (χ3n) is 5.73. The lowest BCUT2D eigenvalue weighted by Gasteiger charge is -2.17. The van der Waals surface area contributed by atoms with Crippen LogP contribution in [0.4, 0.5) is 0 Å². The Kier molecular flexibility index (Phi) is 4.73. The van der Waals surface area contributed by atoms with Gasteiger partial charge in [-0.15, -0.1) is 0 Å². The van der Waals surface area contributed by atoms with Crippen LogP contribution in [0.1, 0.15) is 11.3 Å². The first kappa shape index (κ1) is 18.2. The largest absolute Gasteiger partial charge is 0.493 e. The Morgan fingerprint density at radius 1 is 1.14 bits per heavy atom. The van der Waals surface area contributed by atoms with Crippen molar-refractivity contribution in [3.63, 3.8) is 0 Å². The first-order valence-corrected chi connectivity index (χ1v) is 9.91. The van der Waals surface area contributed by atoms with Crippen LogP contribution in [-0.4, -0.2) is 48.1 Å². The van der Waals surface area contributed by atoms with Gasteiger partial charge >= 0.3 is 0 Å². The predicted molar refractivity (Wildman–Crippen MR) is 109 cm³/mol. The molecule has 1 fully saturated rings. The average Bonchev–Trinajstić information content (AvgIpc) is 3.34. The van der Waals surface area contributed by atoms with Crippen LogP contribution in [0.3, 0.4) is 0 Å². The zero-order valence-electron chi connectivity index (χ0n) is 16.4. The van der Waals surface area contributed by atoms with Crippen LogP contribution in [0, 0.1) is 5.92 Å². The van der Waals surface area contributed by atoms with Crippen molar-refractivity contribution in [3.05, 3.63) is 59.8 Å². The number of nitrogens with zero attached hydrogens (tertiary/aromatic N) is 2. The lowest BCUT2D eigenvalue weighted by atomic mass is 9.99. The summed E-state index contributed by atoms with van der Waals surface area (Å²) in [5, 5.41) is 11.8. The summed E-state index contributed by atoms with van der Waals surface area (Å²) < 4.78 is 16.4. The molecule has 0 bridgehead atoms. The number of aliphatic hydroxyl groups is 1. The summed E-state index contributed by atoms with van der Waals surface area (Å²) in [6.45, 7) is 2.42. The summed E-state index contributed by atoms with van der Waals surface area (Å²) in [4.78, 5) is 7.04. The number of hydrogen-bond donors (Lipinski definition) is 1. The third-order valence-corrected chi connectivity index (χ3v) is 5.73. The van der Waals surface area contributed by atoms with Crippen molar-refractivity contribution < 1.29 is 19.3 Å². The molecule has 0 spiro atoms. The summed E-state index contributed by atoms with van der Waals surface area (Å²) in [6.07, 6.45) is 0.409. The molecule has 0 saturated carbocycles. The van der Waals surface area contributed by atoms with E-state index in [4.69, 9.17) is 19.2 Å². The van der Waals surface area contributed by atoms with E-state index in [1.807, 2.05) is 30.3 Å². The van der Waals surface area contributed by atoms with Crippen LogP contribution in [0.2, 0.25) is 0 Å². The van der Waals surface area contributed by atoms with Crippen molar-refractivity contribution in [2.24, 2.45) is 5.92 Å². The number of fused-ring (bicyclic) bond motifs is 2. The number of aliphatic hydroxyl groups excluding tert-OH is 1. The number of aromatic nitrogens is 1. The number of methoxy groups -OCH3 is 1. The van der Waals surface area contributed by atoms with Gasteiger partial charge in [-0.1, -0.05) is 24.3 Å². The van der Waals surface area contributed by atoms with Gasteiger partial charge in [0.25, 0.3) is 0 Å². The quantitative estimate of drug-likeness (QED) is 0.720. The van der Waals surface area contributed by atoms with Crippen LogP contribution in [0.25, 0.3) is 10.9 Å². The van der Waals surface area contributed by atoms with E-state index in [1.165, 1.54) is 0 Å². The van der Waals surface area contributed by atoms with Crippen LogP contribution < -0.4 is 14.2 Å². The van der Waals surface area contributed by atoms with E-state index in [2.05, 4.69) is 23.1 Å². The minimum Gasteiger partial charge on any atom is -0.493 e. The number of para-hydroxylation sites is 1. The molecular weight excluding hydrogens is 368 g/mol. The van der Waals surface area contributed by atoms with Crippen LogP contribution in [0.15, 0.2) is 48.5 Å². The maximum atomic E-state index is 10.6. The minimum absolute atomic E-state index is 0.166. The number of likely N-dealkylation sites (tertiary alicyclic amines) is 1. The highest BCUT2D eigenvalue weighted by Crippen LogP contribution is 2.42. The molecule has 3 aromatic rings. The number of hydrogen-bond acceptors (Lipinski definition) is 6. The molecule has 1 aromatic heterocycles. The first-order valence-electron chi connectivity index (χ1n) is 9.91. The molecule has 5 rings (SSSR count). The van der Waals surface area contributed by atoms with E-state index in [0.717, 1.165) is 47.4 Å². The highest BCUT2D eigenvalue weighted by atomic mass is 16.7. The van der Waals surface area contributed by atoms with Crippen molar-refractivity contribution in [2.45, 2.75) is 19.1 Å². The fraction of sp³-hybridized carbons (Fsp3) is 0.348. The van der Waals surface area contributed by atoms with E-state index in [9.17, 15) is 5.11 Å². The van der Waals surface area contributed by atoms with Gasteiger partial charge < -0.3 is 19.3 Å². The molecule has 3 heterocycles. The van der Waals surface area contributed by atoms with Gasteiger partial charge in [0.2, 0.25) is 12.5 Å². The molecule has 29 heavy (non-hydrogen) atoms. The summed E-state index contributed by atoms with van der Waals surface area (Å²) in [6, 6.07) is 16.3. The SMILES string of the molecule is COc1cc(CN2C[C@@H](Cc3ccc4ccccc4n3)[C@H](O)C2)cc2c1OCO2. The van der Waals surface area contributed by atoms with Gasteiger partial charge in [-0.05, 0) is 36.2 Å². The van der Waals surface area contributed by atoms with Gasteiger partial charge in [0, 0.05) is 36.6 Å². The van der Waals surface area contributed by atoms with Gasteiger partial charge in [0.1, 0.15) is 0 Å². The number of β-amino-alcohol motifs (C(OH)–C–C–N with tert-alkyl or cyclic N) is 1. The Bertz CT molecular complexity index is 1040. The zero-order valence-corrected chi connectivity index (χ0v) is 16.4. The van der Waals surface area contributed by atoms with Crippen LogP contribution >= 0.6 is 0 Å². The molecule has 0 unspecified atom stereocenters.